The van der Waals surface area contributed by atoms with Crippen molar-refractivity contribution >= 4 is 28.4 Å². The van der Waals surface area contributed by atoms with Crippen LogP contribution >= 0.6 is 11.6 Å². The number of rotatable bonds is 6. The van der Waals surface area contributed by atoms with E-state index in [2.05, 4.69) is 15.5 Å². The first-order chi connectivity index (χ1) is 12.9. The van der Waals surface area contributed by atoms with Gasteiger partial charge in [0.1, 0.15) is 0 Å². The van der Waals surface area contributed by atoms with Crippen LogP contribution in [0.2, 0.25) is 5.02 Å². The van der Waals surface area contributed by atoms with Gasteiger partial charge in [0.05, 0.1) is 16.6 Å². The molecule has 8 heteroatoms. The number of carbonyl (C=O) groups excluding carboxylic acids is 1. The monoisotopic (exact) mass is 387 g/mol. The van der Waals surface area contributed by atoms with Crippen LogP contribution in [-0.4, -0.2) is 32.0 Å². The second-order valence-corrected chi connectivity index (χ2v) is 6.85. The fourth-order valence-corrected chi connectivity index (χ4v) is 3.24. The third kappa shape index (κ3) is 4.03. The molecule has 0 fully saturated rings. The highest BCUT2D eigenvalue weighted by molar-refractivity contribution is 6.31. The van der Waals surface area contributed by atoms with Crippen molar-refractivity contribution in [3.8, 4) is 0 Å². The molecule has 0 unspecified atom stereocenters. The van der Waals surface area contributed by atoms with E-state index in [9.17, 15) is 9.59 Å². The second-order valence-electron chi connectivity index (χ2n) is 6.41. The van der Waals surface area contributed by atoms with E-state index < -0.39 is 11.3 Å². The normalized spacial score (nSPS) is 11.1. The smallest absolute Gasteiger partial charge is 0.275 e. The highest BCUT2D eigenvalue weighted by atomic mass is 35.5. The Labute approximate surface area is 161 Å². The molecule has 142 valence electrons. The molecular weight excluding hydrogens is 366 g/mol. The van der Waals surface area contributed by atoms with Gasteiger partial charge in [0.25, 0.3) is 5.91 Å². The van der Waals surface area contributed by atoms with Gasteiger partial charge < -0.3 is 5.32 Å². The molecule has 1 aromatic carbocycles. The minimum Gasteiger partial charge on any atom is -0.350 e. The molecule has 0 aliphatic rings. The van der Waals surface area contributed by atoms with Crippen molar-refractivity contribution in [3.63, 3.8) is 0 Å². The number of fused-ring (bicyclic) bond motifs is 1. The van der Waals surface area contributed by atoms with Crippen molar-refractivity contribution in [2.45, 2.75) is 40.3 Å². The molecule has 3 aromatic rings. The van der Waals surface area contributed by atoms with Gasteiger partial charge in [-0.15, -0.1) is 0 Å². The molecule has 27 heavy (non-hydrogen) atoms. The topological polar surface area (TPSA) is 81.8 Å². The lowest BCUT2D eigenvalue weighted by atomic mass is 10.2. The number of carbonyl (C=O) groups is 1. The van der Waals surface area contributed by atoms with Crippen LogP contribution in [0.15, 0.2) is 29.1 Å². The largest absolute Gasteiger partial charge is 0.350 e. The molecule has 0 saturated heterocycles. The van der Waals surface area contributed by atoms with Gasteiger partial charge in [-0.05, 0) is 51.5 Å². The second kappa shape index (κ2) is 7.92. The number of nitrogens with one attached hydrogen (secondary N) is 1. The lowest BCUT2D eigenvalue weighted by molar-refractivity contribution is 0.0944. The molecule has 0 radical (unpaired) electrons. The van der Waals surface area contributed by atoms with Gasteiger partial charge in [-0.3, -0.25) is 19.0 Å². The molecule has 3 rings (SSSR count). The summed E-state index contributed by atoms with van der Waals surface area (Å²) >= 11 is 6.02. The van der Waals surface area contributed by atoms with E-state index in [1.54, 1.807) is 22.9 Å². The van der Waals surface area contributed by atoms with Gasteiger partial charge in [-0.25, -0.2) is 0 Å². The van der Waals surface area contributed by atoms with Gasteiger partial charge in [-0.1, -0.05) is 11.6 Å². The van der Waals surface area contributed by atoms with Gasteiger partial charge in [0, 0.05) is 30.4 Å². The van der Waals surface area contributed by atoms with Crippen LogP contribution in [0.3, 0.4) is 0 Å². The summed E-state index contributed by atoms with van der Waals surface area (Å²) in [5.74, 6) is -0.475. The molecule has 7 nitrogen and oxygen atoms in total. The SMILES string of the molecule is CCn1nc(C(=O)NCCCn2nc(C)cc2C)c(=O)c2cc(Cl)ccc21. The molecule has 2 heterocycles. The fourth-order valence-electron chi connectivity index (χ4n) is 3.07. The van der Waals surface area contributed by atoms with Crippen molar-refractivity contribution in [1.82, 2.24) is 24.9 Å². The zero-order valence-electron chi connectivity index (χ0n) is 15.6. The minimum atomic E-state index is -0.475. The quantitative estimate of drug-likeness (QED) is 0.659. The van der Waals surface area contributed by atoms with E-state index in [4.69, 9.17) is 11.6 Å². The Morgan fingerprint density at radius 3 is 2.63 bits per heavy atom. The first-order valence-corrected chi connectivity index (χ1v) is 9.28. The first kappa shape index (κ1) is 19.1. The number of aromatic nitrogens is 4. The van der Waals surface area contributed by atoms with Gasteiger partial charge >= 0.3 is 0 Å². The van der Waals surface area contributed by atoms with Crippen molar-refractivity contribution in [1.29, 1.82) is 0 Å². The summed E-state index contributed by atoms with van der Waals surface area (Å²) in [5, 5.41) is 12.2. The Balaban J connectivity index is 1.74. The van der Waals surface area contributed by atoms with Crippen molar-refractivity contribution in [3.05, 3.63) is 56.6 Å². The van der Waals surface area contributed by atoms with Crippen molar-refractivity contribution in [2.24, 2.45) is 0 Å². The standard InChI is InChI=1S/C19H22ClN5O2/c1-4-24-16-7-6-14(20)11-15(16)18(26)17(23-24)19(27)21-8-5-9-25-13(3)10-12(2)22-25/h6-7,10-11H,4-5,8-9H2,1-3H3,(H,21,27). The lowest BCUT2D eigenvalue weighted by Gasteiger charge is -2.11. The molecule has 1 N–H and O–H groups in total. The number of nitrogens with zero attached hydrogens (tertiary/aromatic N) is 4. The summed E-state index contributed by atoms with van der Waals surface area (Å²) in [5.41, 5.74) is 2.19. The summed E-state index contributed by atoms with van der Waals surface area (Å²) in [7, 11) is 0. The Kier molecular flexibility index (Phi) is 5.60. The molecule has 0 saturated carbocycles. The third-order valence-electron chi connectivity index (χ3n) is 4.37. The van der Waals surface area contributed by atoms with Crippen molar-refractivity contribution in [2.75, 3.05) is 6.54 Å². The average Bonchev–Trinajstić information content (AvgIpc) is 2.96. The lowest BCUT2D eigenvalue weighted by Crippen LogP contribution is -2.33. The highest BCUT2D eigenvalue weighted by Gasteiger charge is 2.17. The molecule has 0 aliphatic heterocycles. The van der Waals surface area contributed by atoms with E-state index in [-0.39, 0.29) is 5.69 Å². The molecule has 0 bridgehead atoms. The molecule has 0 spiro atoms. The number of hydrogen-bond donors (Lipinski definition) is 1. The third-order valence-corrected chi connectivity index (χ3v) is 4.60. The molecular formula is C19H22ClN5O2. The van der Waals surface area contributed by atoms with Gasteiger partial charge in [0.15, 0.2) is 5.69 Å². The maximum Gasteiger partial charge on any atom is 0.275 e. The Hall–Kier alpha value is -2.67. The molecule has 0 aliphatic carbocycles. The van der Waals surface area contributed by atoms with Crippen LogP contribution in [0.4, 0.5) is 0 Å². The fraction of sp³-hybridized carbons (Fsp3) is 0.368. The van der Waals surface area contributed by atoms with Crippen LogP contribution in [0, 0.1) is 13.8 Å². The van der Waals surface area contributed by atoms with Gasteiger partial charge in [-0.2, -0.15) is 10.2 Å². The summed E-state index contributed by atoms with van der Waals surface area (Å²) in [6, 6.07) is 7.03. The van der Waals surface area contributed by atoms with E-state index in [0.717, 1.165) is 11.4 Å². The van der Waals surface area contributed by atoms with Crippen LogP contribution in [0.5, 0.6) is 0 Å². The zero-order valence-corrected chi connectivity index (χ0v) is 16.4. The summed E-state index contributed by atoms with van der Waals surface area (Å²) in [6.07, 6.45) is 0.703. The number of benzene rings is 1. The average molecular weight is 388 g/mol. The Bertz CT molecular complexity index is 1050. The zero-order chi connectivity index (χ0) is 19.6. The minimum absolute atomic E-state index is 0.113. The number of hydrogen-bond acceptors (Lipinski definition) is 4. The number of amides is 1. The highest BCUT2D eigenvalue weighted by Crippen LogP contribution is 2.16. The van der Waals surface area contributed by atoms with E-state index in [1.165, 1.54) is 0 Å². The molecule has 0 atom stereocenters. The maximum absolute atomic E-state index is 12.7. The van der Waals surface area contributed by atoms with Crippen LogP contribution < -0.4 is 10.7 Å². The van der Waals surface area contributed by atoms with Crippen LogP contribution in [0.1, 0.15) is 35.2 Å². The summed E-state index contributed by atoms with van der Waals surface area (Å²) in [4.78, 5) is 25.2. The Morgan fingerprint density at radius 1 is 1.19 bits per heavy atom. The summed E-state index contributed by atoms with van der Waals surface area (Å²) < 4.78 is 3.54. The van der Waals surface area contributed by atoms with Gasteiger partial charge in [0.2, 0.25) is 5.43 Å². The predicted molar refractivity (Wildman–Crippen MR) is 105 cm³/mol. The van der Waals surface area contributed by atoms with Crippen LogP contribution in [-0.2, 0) is 13.1 Å². The number of aryl methyl sites for hydroxylation is 4. The van der Waals surface area contributed by atoms with E-state index in [1.807, 2.05) is 31.5 Å². The van der Waals surface area contributed by atoms with E-state index >= 15 is 0 Å². The van der Waals surface area contributed by atoms with Crippen LogP contribution in [0.25, 0.3) is 10.9 Å². The maximum atomic E-state index is 12.7. The number of halogens is 1. The molecule has 1 amide bonds. The summed E-state index contributed by atoms with van der Waals surface area (Å²) in [6.45, 7) is 7.51. The molecule has 2 aromatic heterocycles. The van der Waals surface area contributed by atoms with Crippen molar-refractivity contribution < 1.29 is 4.79 Å². The Morgan fingerprint density at radius 2 is 1.96 bits per heavy atom. The first-order valence-electron chi connectivity index (χ1n) is 8.90. The predicted octanol–water partition coefficient (Wildman–Crippen LogP) is 2.70. The van der Waals surface area contributed by atoms with E-state index in [0.29, 0.717) is 42.0 Å².